The molecule has 0 bridgehead atoms. The molecule has 1 aromatic rings. The lowest BCUT2D eigenvalue weighted by molar-refractivity contribution is 0.0847. The Morgan fingerprint density at radius 1 is 1.44 bits per heavy atom. The Morgan fingerprint density at radius 2 is 2.25 bits per heavy atom. The van der Waals surface area contributed by atoms with Gasteiger partial charge in [0.25, 0.3) is 0 Å². The number of ether oxygens (including phenoxy) is 1. The first-order valence-electron chi connectivity index (χ1n) is 6.03. The molecule has 0 amide bonds. The van der Waals surface area contributed by atoms with Crippen LogP contribution in [0.15, 0.2) is 6.07 Å². The van der Waals surface area contributed by atoms with Gasteiger partial charge in [-0.2, -0.15) is 0 Å². The van der Waals surface area contributed by atoms with E-state index in [9.17, 15) is 0 Å². The molecule has 2 nitrogen and oxygen atoms in total. The SMILES string of the molecule is COC1CCCC1NCc1cc(C)sc1C. The molecule has 0 radical (unpaired) electrons. The first-order chi connectivity index (χ1) is 7.70. The van der Waals surface area contributed by atoms with E-state index in [1.165, 1.54) is 34.6 Å². The van der Waals surface area contributed by atoms with Crippen molar-refractivity contribution in [1.29, 1.82) is 0 Å². The van der Waals surface area contributed by atoms with Gasteiger partial charge in [0.05, 0.1) is 6.10 Å². The van der Waals surface area contributed by atoms with Crippen LogP contribution in [0, 0.1) is 13.8 Å². The highest BCUT2D eigenvalue weighted by atomic mass is 32.1. The molecule has 2 atom stereocenters. The fourth-order valence-corrected chi connectivity index (χ4v) is 3.49. The van der Waals surface area contributed by atoms with E-state index in [0.29, 0.717) is 12.1 Å². The van der Waals surface area contributed by atoms with Crippen molar-refractivity contribution in [3.63, 3.8) is 0 Å². The summed E-state index contributed by atoms with van der Waals surface area (Å²) < 4.78 is 5.49. The van der Waals surface area contributed by atoms with Gasteiger partial charge in [-0.05, 0) is 44.7 Å². The number of rotatable bonds is 4. The summed E-state index contributed by atoms with van der Waals surface area (Å²) in [6.07, 6.45) is 4.16. The molecule has 1 saturated carbocycles. The average molecular weight is 239 g/mol. The molecular formula is C13H21NOS. The van der Waals surface area contributed by atoms with Crippen LogP contribution in [0.5, 0.6) is 0 Å². The van der Waals surface area contributed by atoms with Crippen molar-refractivity contribution in [2.75, 3.05) is 7.11 Å². The number of methoxy groups -OCH3 is 1. The molecule has 2 unspecified atom stereocenters. The highest BCUT2D eigenvalue weighted by Crippen LogP contribution is 2.24. The Bertz CT molecular complexity index is 348. The summed E-state index contributed by atoms with van der Waals surface area (Å²) in [4.78, 5) is 2.85. The largest absolute Gasteiger partial charge is 0.380 e. The van der Waals surface area contributed by atoms with Crippen molar-refractivity contribution in [1.82, 2.24) is 5.32 Å². The second kappa shape index (κ2) is 5.30. The lowest BCUT2D eigenvalue weighted by Crippen LogP contribution is -2.36. The maximum absolute atomic E-state index is 5.49. The standard InChI is InChI=1S/C13H21NOS/c1-9-7-11(10(2)16-9)8-14-12-5-4-6-13(12)15-3/h7,12-14H,4-6,8H2,1-3H3. The van der Waals surface area contributed by atoms with Gasteiger partial charge in [0.15, 0.2) is 0 Å². The van der Waals surface area contributed by atoms with Crippen LogP contribution in [0.1, 0.15) is 34.6 Å². The monoisotopic (exact) mass is 239 g/mol. The van der Waals surface area contributed by atoms with Crippen LogP contribution in [0.3, 0.4) is 0 Å². The summed E-state index contributed by atoms with van der Waals surface area (Å²) >= 11 is 1.89. The molecule has 0 spiro atoms. The summed E-state index contributed by atoms with van der Waals surface area (Å²) in [6.45, 7) is 5.37. The van der Waals surface area contributed by atoms with E-state index in [-0.39, 0.29) is 0 Å². The number of hydrogen-bond donors (Lipinski definition) is 1. The van der Waals surface area contributed by atoms with E-state index >= 15 is 0 Å². The van der Waals surface area contributed by atoms with Crippen molar-refractivity contribution in [3.05, 3.63) is 21.4 Å². The van der Waals surface area contributed by atoms with Crippen LogP contribution >= 0.6 is 11.3 Å². The van der Waals surface area contributed by atoms with Crippen molar-refractivity contribution in [2.24, 2.45) is 0 Å². The number of hydrogen-bond acceptors (Lipinski definition) is 3. The zero-order chi connectivity index (χ0) is 11.5. The summed E-state index contributed by atoms with van der Waals surface area (Å²) in [7, 11) is 1.82. The molecule has 1 fully saturated rings. The predicted molar refractivity (Wildman–Crippen MR) is 69.1 cm³/mol. The smallest absolute Gasteiger partial charge is 0.0724 e. The van der Waals surface area contributed by atoms with Crippen LogP contribution in [0.2, 0.25) is 0 Å². The number of aryl methyl sites for hydroxylation is 2. The Labute approximate surface area is 102 Å². The van der Waals surface area contributed by atoms with Crippen molar-refractivity contribution >= 4 is 11.3 Å². The van der Waals surface area contributed by atoms with E-state index in [1.807, 2.05) is 18.4 Å². The number of nitrogens with one attached hydrogen (secondary N) is 1. The first-order valence-corrected chi connectivity index (χ1v) is 6.84. The second-order valence-electron chi connectivity index (χ2n) is 4.63. The molecule has 0 saturated heterocycles. The van der Waals surface area contributed by atoms with Gasteiger partial charge in [0.2, 0.25) is 0 Å². The van der Waals surface area contributed by atoms with Crippen molar-refractivity contribution in [3.8, 4) is 0 Å². The first kappa shape index (κ1) is 12.1. The number of thiophene rings is 1. The minimum Gasteiger partial charge on any atom is -0.380 e. The lowest BCUT2D eigenvalue weighted by Gasteiger charge is -2.19. The van der Waals surface area contributed by atoms with Gasteiger partial charge in [-0.3, -0.25) is 0 Å². The van der Waals surface area contributed by atoms with Gasteiger partial charge in [0.1, 0.15) is 0 Å². The minimum atomic E-state index is 0.417. The van der Waals surface area contributed by atoms with Gasteiger partial charge in [0, 0.05) is 29.5 Å². The summed E-state index contributed by atoms with van der Waals surface area (Å²) in [5, 5.41) is 3.63. The maximum Gasteiger partial charge on any atom is 0.0724 e. The molecule has 3 heteroatoms. The molecule has 0 aromatic carbocycles. The molecule has 1 aliphatic rings. The summed E-state index contributed by atoms with van der Waals surface area (Å²) in [5.74, 6) is 0. The third kappa shape index (κ3) is 2.65. The summed E-state index contributed by atoms with van der Waals surface area (Å²) in [5.41, 5.74) is 1.45. The maximum atomic E-state index is 5.49. The lowest BCUT2D eigenvalue weighted by atomic mass is 10.2. The molecule has 0 aliphatic heterocycles. The topological polar surface area (TPSA) is 21.3 Å². The van der Waals surface area contributed by atoms with Gasteiger partial charge < -0.3 is 10.1 Å². The quantitative estimate of drug-likeness (QED) is 0.872. The van der Waals surface area contributed by atoms with Crippen molar-refractivity contribution in [2.45, 2.75) is 51.8 Å². The van der Waals surface area contributed by atoms with E-state index in [1.54, 1.807) is 0 Å². The Hall–Kier alpha value is -0.380. The van der Waals surface area contributed by atoms with Gasteiger partial charge in [-0.1, -0.05) is 0 Å². The second-order valence-corrected chi connectivity index (χ2v) is 6.09. The zero-order valence-electron chi connectivity index (χ0n) is 10.4. The molecule has 1 aromatic heterocycles. The Kier molecular flexibility index (Phi) is 4.00. The van der Waals surface area contributed by atoms with Gasteiger partial charge in [-0.15, -0.1) is 11.3 Å². The predicted octanol–water partition coefficient (Wildman–Crippen LogP) is 3.02. The highest BCUT2D eigenvalue weighted by Gasteiger charge is 2.26. The van der Waals surface area contributed by atoms with E-state index in [2.05, 4.69) is 25.2 Å². The van der Waals surface area contributed by atoms with E-state index in [4.69, 9.17) is 4.74 Å². The molecule has 90 valence electrons. The third-order valence-electron chi connectivity index (χ3n) is 3.45. The van der Waals surface area contributed by atoms with Crippen LogP contribution < -0.4 is 5.32 Å². The molecular weight excluding hydrogens is 218 g/mol. The van der Waals surface area contributed by atoms with Gasteiger partial charge in [-0.25, -0.2) is 0 Å². The van der Waals surface area contributed by atoms with Gasteiger partial charge >= 0.3 is 0 Å². The molecule has 2 rings (SSSR count). The van der Waals surface area contributed by atoms with Crippen LogP contribution in [-0.4, -0.2) is 19.3 Å². The fourth-order valence-electron chi connectivity index (χ4n) is 2.54. The molecule has 1 heterocycles. The van der Waals surface area contributed by atoms with Crippen LogP contribution in [0.25, 0.3) is 0 Å². The van der Waals surface area contributed by atoms with Crippen molar-refractivity contribution < 1.29 is 4.74 Å². The average Bonchev–Trinajstić information content (AvgIpc) is 2.81. The molecule has 1 N–H and O–H groups in total. The Balaban J connectivity index is 1.89. The highest BCUT2D eigenvalue weighted by molar-refractivity contribution is 7.12. The molecule has 16 heavy (non-hydrogen) atoms. The summed E-state index contributed by atoms with van der Waals surface area (Å²) in [6, 6.07) is 2.84. The third-order valence-corrected chi connectivity index (χ3v) is 4.46. The minimum absolute atomic E-state index is 0.417. The van der Waals surface area contributed by atoms with E-state index in [0.717, 1.165) is 6.54 Å². The normalized spacial score (nSPS) is 25.2. The fraction of sp³-hybridized carbons (Fsp3) is 0.692. The Morgan fingerprint density at radius 3 is 2.88 bits per heavy atom. The van der Waals surface area contributed by atoms with Crippen LogP contribution in [-0.2, 0) is 11.3 Å². The molecule has 1 aliphatic carbocycles. The van der Waals surface area contributed by atoms with Crippen LogP contribution in [0.4, 0.5) is 0 Å². The zero-order valence-corrected chi connectivity index (χ0v) is 11.2. The van der Waals surface area contributed by atoms with E-state index < -0.39 is 0 Å².